The summed E-state index contributed by atoms with van der Waals surface area (Å²) in [5.41, 5.74) is 1.56. The molecule has 1 heterocycles. The first-order valence-corrected chi connectivity index (χ1v) is 7.90. The molecule has 0 radical (unpaired) electrons. The molecule has 2 aromatic rings. The molecule has 2 rings (SSSR count). The van der Waals surface area contributed by atoms with Crippen molar-refractivity contribution in [1.82, 2.24) is 10.3 Å². The fourth-order valence-corrected chi connectivity index (χ4v) is 2.23. The molecule has 148 valence electrons. The molecule has 0 saturated carbocycles. The van der Waals surface area contributed by atoms with Gasteiger partial charge in [0.05, 0.1) is 18.4 Å². The Kier molecular flexibility index (Phi) is 11.1. The van der Waals surface area contributed by atoms with E-state index in [4.69, 9.17) is 4.74 Å². The first-order chi connectivity index (χ1) is 12.0. The van der Waals surface area contributed by atoms with Gasteiger partial charge in [0.25, 0.3) is 5.91 Å². The number of hydrogen-bond donors (Lipinski definition) is 3. The van der Waals surface area contributed by atoms with Crippen LogP contribution in [-0.4, -0.2) is 37.5 Å². The Morgan fingerprint density at radius 3 is 2.52 bits per heavy atom. The third-order valence-corrected chi connectivity index (χ3v) is 3.60. The van der Waals surface area contributed by atoms with Crippen LogP contribution in [0, 0.1) is 5.92 Å². The van der Waals surface area contributed by atoms with Gasteiger partial charge in [-0.25, -0.2) is 0 Å². The Morgan fingerprint density at radius 1 is 1.19 bits per heavy atom. The van der Waals surface area contributed by atoms with Crippen molar-refractivity contribution >= 4 is 48.0 Å². The molecule has 0 aliphatic heterocycles. The number of ether oxygens (including phenoxy) is 1. The number of rotatable bonds is 7. The van der Waals surface area contributed by atoms with Gasteiger partial charge in [-0.1, -0.05) is 6.92 Å². The largest absolute Gasteiger partial charge is 0.494 e. The number of nitrogens with one attached hydrogen (secondary N) is 3. The second-order valence-corrected chi connectivity index (χ2v) is 5.56. The number of amides is 2. The molecule has 0 aliphatic rings. The van der Waals surface area contributed by atoms with Gasteiger partial charge in [-0.3, -0.25) is 14.6 Å². The molecular formula is C18H24Cl2N4O3. The number of benzene rings is 1. The van der Waals surface area contributed by atoms with E-state index < -0.39 is 0 Å². The van der Waals surface area contributed by atoms with E-state index in [1.165, 1.54) is 13.3 Å². The summed E-state index contributed by atoms with van der Waals surface area (Å²) in [4.78, 5) is 28.2. The number of methoxy groups -OCH3 is 1. The molecule has 9 heteroatoms. The molecule has 0 aliphatic carbocycles. The zero-order chi connectivity index (χ0) is 18.2. The molecular weight excluding hydrogens is 391 g/mol. The van der Waals surface area contributed by atoms with Crippen molar-refractivity contribution in [3.05, 3.63) is 48.3 Å². The Bertz CT molecular complexity index is 745. The monoisotopic (exact) mass is 414 g/mol. The van der Waals surface area contributed by atoms with E-state index in [0.29, 0.717) is 29.2 Å². The molecule has 0 bridgehead atoms. The van der Waals surface area contributed by atoms with Gasteiger partial charge in [-0.15, -0.1) is 24.8 Å². The minimum absolute atomic E-state index is 0. The summed E-state index contributed by atoms with van der Waals surface area (Å²) in [7, 11) is 3.30. The lowest BCUT2D eigenvalue weighted by atomic mass is 10.1. The van der Waals surface area contributed by atoms with Gasteiger partial charge in [0.15, 0.2) is 0 Å². The molecule has 0 fully saturated rings. The Morgan fingerprint density at radius 2 is 1.93 bits per heavy atom. The van der Waals surface area contributed by atoms with Gasteiger partial charge < -0.3 is 20.7 Å². The zero-order valence-electron chi connectivity index (χ0n) is 15.3. The molecule has 0 saturated heterocycles. The molecule has 27 heavy (non-hydrogen) atoms. The van der Waals surface area contributed by atoms with Gasteiger partial charge in [0, 0.05) is 36.6 Å². The van der Waals surface area contributed by atoms with Crippen LogP contribution >= 0.6 is 24.8 Å². The molecule has 1 atom stereocenters. The lowest BCUT2D eigenvalue weighted by molar-refractivity contribution is -0.119. The summed E-state index contributed by atoms with van der Waals surface area (Å²) in [6.07, 6.45) is 3.09. The summed E-state index contributed by atoms with van der Waals surface area (Å²) < 4.78 is 5.32. The lowest BCUT2D eigenvalue weighted by Crippen LogP contribution is -2.28. The van der Waals surface area contributed by atoms with Crippen molar-refractivity contribution in [2.45, 2.75) is 6.92 Å². The highest BCUT2D eigenvalue weighted by Gasteiger charge is 2.14. The van der Waals surface area contributed by atoms with Gasteiger partial charge in [-0.2, -0.15) is 0 Å². The van der Waals surface area contributed by atoms with Crippen LogP contribution in [0.25, 0.3) is 0 Å². The predicted molar refractivity (Wildman–Crippen MR) is 111 cm³/mol. The van der Waals surface area contributed by atoms with Crippen LogP contribution in [0.3, 0.4) is 0 Å². The van der Waals surface area contributed by atoms with Crippen LogP contribution in [0.4, 0.5) is 11.4 Å². The third-order valence-electron chi connectivity index (χ3n) is 3.60. The number of pyridine rings is 1. The van der Waals surface area contributed by atoms with Crippen molar-refractivity contribution in [2.75, 3.05) is 31.3 Å². The van der Waals surface area contributed by atoms with Crippen molar-refractivity contribution in [2.24, 2.45) is 5.92 Å². The summed E-state index contributed by atoms with van der Waals surface area (Å²) in [6, 6.07) is 8.43. The maximum atomic E-state index is 12.2. The standard InChI is InChI=1S/C18H22N4O3.2ClH/c1-12(10-19-2)17(23)21-14-6-7-15(16(9-14)25-3)22-18(24)13-5-4-8-20-11-13;;/h4-9,11-12,19H,10H2,1-3H3,(H,21,23)(H,22,24);2*1H. The van der Waals surface area contributed by atoms with Crippen molar-refractivity contribution in [3.8, 4) is 5.75 Å². The van der Waals surface area contributed by atoms with Crippen LogP contribution in [-0.2, 0) is 4.79 Å². The highest BCUT2D eigenvalue weighted by Crippen LogP contribution is 2.28. The van der Waals surface area contributed by atoms with E-state index in [2.05, 4.69) is 20.9 Å². The van der Waals surface area contributed by atoms with Crippen LogP contribution in [0.5, 0.6) is 5.75 Å². The minimum atomic E-state index is -0.286. The first-order valence-electron chi connectivity index (χ1n) is 7.90. The minimum Gasteiger partial charge on any atom is -0.494 e. The third kappa shape index (κ3) is 7.05. The first kappa shape index (κ1) is 24.7. The summed E-state index contributed by atoms with van der Waals surface area (Å²) in [6.45, 7) is 2.42. The predicted octanol–water partition coefficient (Wildman–Crippen LogP) is 2.98. The van der Waals surface area contributed by atoms with Crippen LogP contribution in [0.2, 0.25) is 0 Å². The highest BCUT2D eigenvalue weighted by atomic mass is 35.5. The molecule has 1 aromatic carbocycles. The van der Waals surface area contributed by atoms with E-state index >= 15 is 0 Å². The Balaban J connectivity index is 0.00000338. The summed E-state index contributed by atoms with van der Waals surface area (Å²) >= 11 is 0. The number of anilines is 2. The van der Waals surface area contributed by atoms with Crippen LogP contribution < -0.4 is 20.7 Å². The fraction of sp³-hybridized carbons (Fsp3) is 0.278. The van der Waals surface area contributed by atoms with Gasteiger partial charge in [-0.05, 0) is 31.3 Å². The van der Waals surface area contributed by atoms with E-state index in [9.17, 15) is 9.59 Å². The molecule has 0 spiro atoms. The average Bonchev–Trinajstić information content (AvgIpc) is 2.63. The van der Waals surface area contributed by atoms with Crippen LogP contribution in [0.15, 0.2) is 42.7 Å². The van der Waals surface area contributed by atoms with Crippen molar-refractivity contribution in [1.29, 1.82) is 0 Å². The normalized spacial score (nSPS) is 10.6. The van der Waals surface area contributed by atoms with E-state index in [-0.39, 0.29) is 42.5 Å². The zero-order valence-corrected chi connectivity index (χ0v) is 16.9. The van der Waals surface area contributed by atoms with Crippen molar-refractivity contribution in [3.63, 3.8) is 0 Å². The number of carbonyl (C=O) groups is 2. The average molecular weight is 415 g/mol. The topological polar surface area (TPSA) is 92.4 Å². The second kappa shape index (κ2) is 12.1. The van der Waals surface area contributed by atoms with Gasteiger partial charge >= 0.3 is 0 Å². The summed E-state index contributed by atoms with van der Waals surface area (Å²) in [5.74, 6) is -0.0911. The number of carbonyl (C=O) groups excluding carboxylic acids is 2. The molecule has 7 nitrogen and oxygen atoms in total. The number of aromatic nitrogens is 1. The van der Waals surface area contributed by atoms with E-state index in [1.54, 1.807) is 43.6 Å². The molecule has 1 aromatic heterocycles. The fourth-order valence-electron chi connectivity index (χ4n) is 2.23. The van der Waals surface area contributed by atoms with Crippen molar-refractivity contribution < 1.29 is 14.3 Å². The Hall–Kier alpha value is -2.35. The Labute approximate surface area is 171 Å². The second-order valence-electron chi connectivity index (χ2n) is 5.56. The van der Waals surface area contributed by atoms with Gasteiger partial charge in [0.1, 0.15) is 5.75 Å². The number of halogens is 2. The quantitative estimate of drug-likeness (QED) is 0.647. The SMILES string of the molecule is CNCC(C)C(=O)Nc1ccc(NC(=O)c2cccnc2)c(OC)c1.Cl.Cl. The number of hydrogen-bond acceptors (Lipinski definition) is 5. The van der Waals surface area contributed by atoms with E-state index in [0.717, 1.165) is 0 Å². The number of nitrogens with zero attached hydrogens (tertiary/aromatic N) is 1. The lowest BCUT2D eigenvalue weighted by Gasteiger charge is -2.14. The smallest absolute Gasteiger partial charge is 0.257 e. The summed E-state index contributed by atoms with van der Waals surface area (Å²) in [5, 5.41) is 8.57. The molecule has 3 N–H and O–H groups in total. The highest BCUT2D eigenvalue weighted by molar-refractivity contribution is 6.05. The maximum absolute atomic E-state index is 12.2. The molecule has 2 amide bonds. The van der Waals surface area contributed by atoms with Crippen LogP contribution in [0.1, 0.15) is 17.3 Å². The van der Waals surface area contributed by atoms with Gasteiger partial charge in [0.2, 0.25) is 5.91 Å². The molecule has 1 unspecified atom stereocenters. The maximum Gasteiger partial charge on any atom is 0.257 e. The van der Waals surface area contributed by atoms with E-state index in [1.807, 2.05) is 6.92 Å².